The molecule has 0 unspecified atom stereocenters. The van der Waals surface area contributed by atoms with Gasteiger partial charge in [0.25, 0.3) is 0 Å². The second-order valence-electron chi connectivity index (χ2n) is 4.09. The summed E-state index contributed by atoms with van der Waals surface area (Å²) in [6.45, 7) is 1.80. The zero-order chi connectivity index (χ0) is 11.1. The van der Waals surface area contributed by atoms with Gasteiger partial charge in [0, 0.05) is 12.8 Å². The molecule has 0 atom stereocenters. The van der Waals surface area contributed by atoms with Gasteiger partial charge in [0.05, 0.1) is 11.5 Å². The van der Waals surface area contributed by atoms with Crippen LogP contribution in [0.3, 0.4) is 0 Å². The van der Waals surface area contributed by atoms with Gasteiger partial charge in [-0.25, -0.2) is 0 Å². The van der Waals surface area contributed by atoms with Crippen molar-refractivity contribution in [2.24, 2.45) is 0 Å². The maximum Gasteiger partial charge on any atom is 0.136 e. The van der Waals surface area contributed by atoms with Gasteiger partial charge in [-0.15, -0.1) is 0 Å². The largest absolute Gasteiger partial charge is 0.508 e. The number of aromatic hydroxyl groups is 1. The van der Waals surface area contributed by atoms with E-state index in [0.29, 0.717) is 0 Å². The molecule has 76 valence electrons. The minimum Gasteiger partial charge on any atom is -0.508 e. The van der Waals surface area contributed by atoms with E-state index in [2.05, 4.69) is 6.07 Å². The Bertz CT molecular complexity index is 463. The van der Waals surface area contributed by atoms with Gasteiger partial charge in [-0.1, -0.05) is 12.1 Å². The first-order valence-corrected chi connectivity index (χ1v) is 4.80. The van der Waals surface area contributed by atoms with Crippen LogP contribution in [0, 0.1) is 18.3 Å². The predicted molar refractivity (Wildman–Crippen MR) is 54.4 cm³/mol. The van der Waals surface area contributed by atoms with Crippen molar-refractivity contribution in [3.8, 4) is 11.8 Å². The summed E-state index contributed by atoms with van der Waals surface area (Å²) in [5.74, 6) is 0.290. The van der Waals surface area contributed by atoms with E-state index < -0.39 is 5.41 Å². The van der Waals surface area contributed by atoms with Crippen LogP contribution in [0.4, 0.5) is 0 Å². The number of nitrogens with zero attached hydrogens (tertiary/aromatic N) is 1. The standard InChI is InChI=1S/C12H11NO2/c1-8-2-3-9(4-11(8)15)12(7-13)5-10(14)6-12/h2-4,15H,5-6H2,1H3. The van der Waals surface area contributed by atoms with Gasteiger partial charge < -0.3 is 5.11 Å². The highest BCUT2D eigenvalue weighted by Crippen LogP contribution is 2.41. The quantitative estimate of drug-likeness (QED) is 0.753. The van der Waals surface area contributed by atoms with Gasteiger partial charge in [0.1, 0.15) is 11.5 Å². The molecule has 1 aliphatic rings. The Labute approximate surface area is 88.0 Å². The Morgan fingerprint density at radius 1 is 1.47 bits per heavy atom. The molecule has 3 nitrogen and oxygen atoms in total. The Morgan fingerprint density at radius 3 is 2.60 bits per heavy atom. The minimum atomic E-state index is -0.692. The molecule has 0 spiro atoms. The fourth-order valence-electron chi connectivity index (χ4n) is 1.88. The number of hydrogen-bond donors (Lipinski definition) is 1. The van der Waals surface area contributed by atoms with Crippen molar-refractivity contribution in [3.63, 3.8) is 0 Å². The first-order chi connectivity index (χ1) is 7.07. The highest BCUT2D eigenvalue weighted by Gasteiger charge is 2.45. The van der Waals surface area contributed by atoms with Crippen LogP contribution in [0.5, 0.6) is 5.75 Å². The van der Waals surface area contributed by atoms with E-state index in [1.165, 1.54) is 0 Å². The number of nitriles is 1. The van der Waals surface area contributed by atoms with Crippen LogP contribution in [0.1, 0.15) is 24.0 Å². The third-order valence-corrected chi connectivity index (χ3v) is 2.97. The molecule has 0 heterocycles. The van der Waals surface area contributed by atoms with Crippen molar-refractivity contribution < 1.29 is 9.90 Å². The van der Waals surface area contributed by atoms with Crippen LogP contribution in [-0.4, -0.2) is 10.9 Å². The monoisotopic (exact) mass is 201 g/mol. The third kappa shape index (κ3) is 1.39. The van der Waals surface area contributed by atoms with Crippen molar-refractivity contribution in [2.75, 3.05) is 0 Å². The van der Waals surface area contributed by atoms with Gasteiger partial charge in [0.2, 0.25) is 0 Å². The third-order valence-electron chi connectivity index (χ3n) is 2.97. The number of hydrogen-bond acceptors (Lipinski definition) is 3. The molecule has 0 amide bonds. The molecule has 0 bridgehead atoms. The van der Waals surface area contributed by atoms with Crippen molar-refractivity contribution in [2.45, 2.75) is 25.2 Å². The number of aryl methyl sites for hydroxylation is 1. The average molecular weight is 201 g/mol. The lowest BCUT2D eigenvalue weighted by Crippen LogP contribution is -2.40. The molecular weight excluding hydrogens is 190 g/mol. The van der Waals surface area contributed by atoms with Gasteiger partial charge in [0.15, 0.2) is 0 Å². The van der Waals surface area contributed by atoms with Gasteiger partial charge in [-0.2, -0.15) is 5.26 Å². The summed E-state index contributed by atoms with van der Waals surface area (Å²) in [5, 5.41) is 18.6. The van der Waals surface area contributed by atoms with Gasteiger partial charge in [-0.05, 0) is 24.1 Å². The van der Waals surface area contributed by atoms with Crippen LogP contribution >= 0.6 is 0 Å². The molecule has 1 aromatic carbocycles. The molecular formula is C12H11NO2. The molecule has 0 aromatic heterocycles. The summed E-state index contributed by atoms with van der Waals surface area (Å²) in [4.78, 5) is 11.0. The fraction of sp³-hybridized carbons (Fsp3) is 0.333. The lowest BCUT2D eigenvalue weighted by atomic mass is 9.64. The van der Waals surface area contributed by atoms with Crippen LogP contribution in [-0.2, 0) is 10.2 Å². The second-order valence-corrected chi connectivity index (χ2v) is 4.09. The lowest BCUT2D eigenvalue weighted by Gasteiger charge is -2.34. The Balaban J connectivity index is 2.42. The molecule has 2 rings (SSSR count). The first-order valence-electron chi connectivity index (χ1n) is 4.80. The molecule has 0 radical (unpaired) electrons. The van der Waals surface area contributed by atoms with E-state index in [-0.39, 0.29) is 24.4 Å². The number of carbonyl (C=O) groups excluding carboxylic acids is 1. The maximum absolute atomic E-state index is 11.0. The van der Waals surface area contributed by atoms with E-state index in [0.717, 1.165) is 11.1 Å². The Hall–Kier alpha value is -1.82. The predicted octanol–water partition coefficient (Wildman–Crippen LogP) is 1.82. The molecule has 1 fully saturated rings. The van der Waals surface area contributed by atoms with Crippen LogP contribution in [0.25, 0.3) is 0 Å². The number of benzene rings is 1. The summed E-state index contributed by atoms with van der Waals surface area (Å²) in [6.07, 6.45) is 0.540. The highest BCUT2D eigenvalue weighted by molar-refractivity contribution is 5.90. The van der Waals surface area contributed by atoms with Crippen LogP contribution < -0.4 is 0 Å². The van der Waals surface area contributed by atoms with Crippen LogP contribution in [0.2, 0.25) is 0 Å². The zero-order valence-corrected chi connectivity index (χ0v) is 8.45. The van der Waals surface area contributed by atoms with E-state index in [1.54, 1.807) is 19.1 Å². The molecule has 1 N–H and O–H groups in total. The topological polar surface area (TPSA) is 61.1 Å². The zero-order valence-electron chi connectivity index (χ0n) is 8.45. The second kappa shape index (κ2) is 3.09. The van der Waals surface area contributed by atoms with Crippen molar-refractivity contribution in [1.82, 2.24) is 0 Å². The number of carbonyl (C=O) groups is 1. The SMILES string of the molecule is Cc1ccc(C2(C#N)CC(=O)C2)cc1O. The average Bonchev–Trinajstić information content (AvgIpc) is 2.17. The van der Waals surface area contributed by atoms with Crippen LogP contribution in [0.15, 0.2) is 18.2 Å². The number of phenolic OH excluding ortho intramolecular Hbond substituents is 1. The van der Waals surface area contributed by atoms with E-state index in [1.807, 2.05) is 6.07 Å². The van der Waals surface area contributed by atoms with Gasteiger partial charge >= 0.3 is 0 Å². The fourth-order valence-corrected chi connectivity index (χ4v) is 1.88. The molecule has 1 saturated carbocycles. The summed E-state index contributed by atoms with van der Waals surface area (Å²) in [7, 11) is 0. The summed E-state index contributed by atoms with van der Waals surface area (Å²) in [6, 6.07) is 7.35. The summed E-state index contributed by atoms with van der Waals surface area (Å²) in [5.41, 5.74) is 0.826. The number of ketones is 1. The Kier molecular flexibility index (Phi) is 2.01. The first kappa shape index (κ1) is 9.72. The number of phenols is 1. The number of rotatable bonds is 1. The molecule has 0 saturated heterocycles. The van der Waals surface area contributed by atoms with E-state index >= 15 is 0 Å². The smallest absolute Gasteiger partial charge is 0.136 e. The van der Waals surface area contributed by atoms with Crippen molar-refractivity contribution >= 4 is 5.78 Å². The van der Waals surface area contributed by atoms with Crippen molar-refractivity contribution in [1.29, 1.82) is 5.26 Å². The van der Waals surface area contributed by atoms with Gasteiger partial charge in [-0.3, -0.25) is 4.79 Å². The normalized spacial score (nSPS) is 18.0. The van der Waals surface area contributed by atoms with Crippen molar-refractivity contribution in [3.05, 3.63) is 29.3 Å². The maximum atomic E-state index is 11.0. The molecule has 15 heavy (non-hydrogen) atoms. The molecule has 3 heteroatoms. The minimum absolute atomic E-state index is 0.108. The molecule has 0 aliphatic heterocycles. The molecule has 1 aliphatic carbocycles. The summed E-state index contributed by atoms with van der Waals surface area (Å²) >= 11 is 0. The lowest BCUT2D eigenvalue weighted by molar-refractivity contribution is -0.126. The van der Waals surface area contributed by atoms with E-state index in [4.69, 9.17) is 5.26 Å². The highest BCUT2D eigenvalue weighted by atomic mass is 16.3. The summed E-state index contributed by atoms with van der Waals surface area (Å²) < 4.78 is 0. The Morgan fingerprint density at radius 2 is 2.13 bits per heavy atom. The molecule has 1 aromatic rings. The number of Topliss-reactive ketones (excluding diaryl/α,β-unsaturated/α-hetero) is 1. The van der Waals surface area contributed by atoms with E-state index in [9.17, 15) is 9.90 Å².